The van der Waals surface area contributed by atoms with E-state index >= 15 is 0 Å². The molecule has 0 saturated heterocycles. The van der Waals surface area contributed by atoms with Gasteiger partial charge in [0.25, 0.3) is 0 Å². The standard InChI is InChI=1S/2C26H17N.Ir/c1-18-16-25(23-14-6-10-19-8-2-4-12-21(19)23)27-26(17-18)24-15-7-11-20-9-3-5-13-22(20)24;1-18-15-21(24-12-6-9-19-7-2-4-10-23(19)24)17-22(16-18)26-25-11-5-3-8-20(25)13-14-27-26;/h2-13,16-17H,1H3;2-11,13-16H,1H3;/q2*-2;. The molecule has 0 spiro atoms. The van der Waals surface area contributed by atoms with Crippen molar-refractivity contribution in [3.63, 3.8) is 0 Å². The molecule has 0 aliphatic carbocycles. The molecule has 2 aromatic heterocycles. The van der Waals surface area contributed by atoms with Crippen molar-refractivity contribution >= 4 is 43.1 Å². The zero-order valence-electron chi connectivity index (χ0n) is 30.4. The van der Waals surface area contributed by atoms with Crippen LogP contribution in [0.5, 0.6) is 0 Å². The molecular weight excluding hydrogens is 845 g/mol. The summed E-state index contributed by atoms with van der Waals surface area (Å²) in [6, 6.07) is 70.2. The Morgan fingerprint density at radius 3 is 1.38 bits per heavy atom. The maximum Gasteiger partial charge on any atom is 0.0189 e. The van der Waals surface area contributed by atoms with Crippen molar-refractivity contribution in [2.24, 2.45) is 0 Å². The van der Waals surface area contributed by atoms with Gasteiger partial charge in [0.05, 0.1) is 0 Å². The second kappa shape index (κ2) is 15.6. The van der Waals surface area contributed by atoms with E-state index in [2.05, 4.69) is 183 Å². The second-order valence-electron chi connectivity index (χ2n) is 13.6. The van der Waals surface area contributed by atoms with Gasteiger partial charge in [0.1, 0.15) is 0 Å². The Morgan fingerprint density at radius 1 is 0.418 bits per heavy atom. The van der Waals surface area contributed by atoms with Crippen LogP contribution in [0.15, 0.2) is 170 Å². The third-order valence-electron chi connectivity index (χ3n) is 9.86. The molecule has 10 rings (SSSR count). The molecule has 55 heavy (non-hydrogen) atoms. The first kappa shape index (κ1) is 35.8. The van der Waals surface area contributed by atoms with Crippen LogP contribution in [0.1, 0.15) is 11.1 Å². The summed E-state index contributed by atoms with van der Waals surface area (Å²) in [6.45, 7) is 4.24. The summed E-state index contributed by atoms with van der Waals surface area (Å²) in [4.78, 5) is 9.69. The molecule has 0 amide bonds. The van der Waals surface area contributed by atoms with Gasteiger partial charge in [0, 0.05) is 32.0 Å². The van der Waals surface area contributed by atoms with E-state index in [1.807, 2.05) is 30.5 Å². The number of rotatable bonds is 4. The Kier molecular flexibility index (Phi) is 10.2. The number of pyridine rings is 2. The van der Waals surface area contributed by atoms with Crippen LogP contribution in [0.2, 0.25) is 0 Å². The molecule has 2 heterocycles. The van der Waals surface area contributed by atoms with E-state index in [9.17, 15) is 0 Å². The fraction of sp³-hybridized carbons (Fsp3) is 0.0385. The zero-order valence-corrected chi connectivity index (χ0v) is 32.8. The van der Waals surface area contributed by atoms with Gasteiger partial charge in [-0.15, -0.1) is 98.4 Å². The first-order valence-corrected chi connectivity index (χ1v) is 18.2. The maximum absolute atomic E-state index is 5.01. The van der Waals surface area contributed by atoms with Gasteiger partial charge in [0.15, 0.2) is 0 Å². The number of aryl methyl sites for hydroxylation is 2. The average Bonchev–Trinajstić information content (AvgIpc) is 3.22. The fourth-order valence-electron chi connectivity index (χ4n) is 7.37. The van der Waals surface area contributed by atoms with Crippen molar-refractivity contribution < 1.29 is 20.1 Å². The Morgan fingerprint density at radius 2 is 0.836 bits per heavy atom. The van der Waals surface area contributed by atoms with Gasteiger partial charge in [0.2, 0.25) is 0 Å². The van der Waals surface area contributed by atoms with E-state index in [0.717, 1.165) is 50.3 Å². The molecule has 10 aromatic rings. The van der Waals surface area contributed by atoms with Crippen LogP contribution in [0.4, 0.5) is 0 Å². The normalized spacial score (nSPS) is 10.9. The van der Waals surface area contributed by atoms with E-state index in [0.29, 0.717) is 0 Å². The zero-order chi connectivity index (χ0) is 36.4. The minimum Gasteiger partial charge on any atom is -0.345 e. The van der Waals surface area contributed by atoms with Crippen LogP contribution in [0.3, 0.4) is 0 Å². The van der Waals surface area contributed by atoms with E-state index in [4.69, 9.17) is 4.98 Å². The summed E-state index contributed by atoms with van der Waals surface area (Å²) >= 11 is 0. The molecule has 0 aliphatic rings. The molecule has 1 radical (unpaired) electrons. The molecule has 0 unspecified atom stereocenters. The van der Waals surface area contributed by atoms with Gasteiger partial charge in [-0.05, 0) is 35.2 Å². The van der Waals surface area contributed by atoms with Crippen LogP contribution < -0.4 is 0 Å². The van der Waals surface area contributed by atoms with Crippen LogP contribution >= 0.6 is 0 Å². The van der Waals surface area contributed by atoms with E-state index < -0.39 is 0 Å². The minimum atomic E-state index is 0. The SMILES string of the molecule is Cc1cc(-c2[c-]ccc3ccccc23)[c-]c(-c2nccc3ccccc23)c1.Cc1cc(-c2[c-]ccc3ccccc23)nc(-c2[c-]ccc3ccccc23)c1.[Ir]. The predicted molar refractivity (Wildman–Crippen MR) is 225 cm³/mol. The van der Waals surface area contributed by atoms with Gasteiger partial charge in [-0.25, -0.2) is 5.56 Å². The third-order valence-corrected chi connectivity index (χ3v) is 9.86. The first-order chi connectivity index (χ1) is 26.6. The summed E-state index contributed by atoms with van der Waals surface area (Å²) in [5.74, 6) is 0. The van der Waals surface area contributed by atoms with Crippen molar-refractivity contribution in [1.82, 2.24) is 9.97 Å². The third kappa shape index (κ3) is 7.21. The number of aromatic nitrogens is 2. The molecule has 0 atom stereocenters. The molecule has 0 bridgehead atoms. The maximum atomic E-state index is 5.01. The molecular formula is C52H34IrN2-4. The van der Waals surface area contributed by atoms with Crippen LogP contribution in [0.25, 0.3) is 88.0 Å². The van der Waals surface area contributed by atoms with E-state index in [-0.39, 0.29) is 20.1 Å². The van der Waals surface area contributed by atoms with E-state index in [1.54, 1.807) is 0 Å². The van der Waals surface area contributed by atoms with Gasteiger partial charge >= 0.3 is 0 Å². The molecule has 265 valence electrons. The molecule has 0 saturated carbocycles. The van der Waals surface area contributed by atoms with Gasteiger partial charge in [-0.3, -0.25) is 4.98 Å². The van der Waals surface area contributed by atoms with Crippen LogP contribution in [-0.4, -0.2) is 9.97 Å². The number of nitrogens with zero attached hydrogens (tertiary/aromatic N) is 2. The Bertz CT molecular complexity index is 2560. The Balaban J connectivity index is 0.000000153. The molecule has 3 heteroatoms. The van der Waals surface area contributed by atoms with Gasteiger partial charge in [-0.2, -0.15) is 29.8 Å². The number of hydrogen-bond acceptors (Lipinski definition) is 2. The number of benzene rings is 8. The van der Waals surface area contributed by atoms with Gasteiger partial charge in [-0.1, -0.05) is 126 Å². The topological polar surface area (TPSA) is 25.8 Å². The summed E-state index contributed by atoms with van der Waals surface area (Å²) in [5, 5.41) is 9.49. The molecule has 0 fully saturated rings. The first-order valence-electron chi connectivity index (χ1n) is 18.2. The van der Waals surface area contributed by atoms with Crippen LogP contribution in [-0.2, 0) is 20.1 Å². The molecule has 0 aliphatic heterocycles. The summed E-state index contributed by atoms with van der Waals surface area (Å²) in [6.07, 6.45) is 1.87. The average molecular weight is 879 g/mol. The fourth-order valence-corrected chi connectivity index (χ4v) is 7.37. The Hall–Kier alpha value is -6.25. The minimum absolute atomic E-state index is 0. The number of hydrogen-bond donors (Lipinski definition) is 0. The molecule has 8 aromatic carbocycles. The summed E-state index contributed by atoms with van der Waals surface area (Å²) in [5.41, 5.74) is 10.5. The predicted octanol–water partition coefficient (Wildman–Crippen LogP) is 13.3. The summed E-state index contributed by atoms with van der Waals surface area (Å²) in [7, 11) is 0. The quantitative estimate of drug-likeness (QED) is 0.165. The van der Waals surface area contributed by atoms with Crippen molar-refractivity contribution in [3.8, 4) is 44.9 Å². The molecule has 2 nitrogen and oxygen atoms in total. The largest absolute Gasteiger partial charge is 0.345 e. The van der Waals surface area contributed by atoms with Crippen molar-refractivity contribution in [3.05, 3.63) is 205 Å². The second-order valence-corrected chi connectivity index (χ2v) is 13.6. The van der Waals surface area contributed by atoms with Gasteiger partial charge < -0.3 is 4.98 Å². The Labute approximate surface area is 335 Å². The van der Waals surface area contributed by atoms with Crippen molar-refractivity contribution in [2.75, 3.05) is 0 Å². The van der Waals surface area contributed by atoms with Crippen LogP contribution in [0, 0.1) is 38.1 Å². The van der Waals surface area contributed by atoms with Crippen molar-refractivity contribution in [2.45, 2.75) is 13.8 Å². The number of fused-ring (bicyclic) bond motifs is 4. The monoisotopic (exact) mass is 879 g/mol. The van der Waals surface area contributed by atoms with E-state index in [1.165, 1.54) is 48.8 Å². The molecule has 0 N–H and O–H groups in total. The smallest absolute Gasteiger partial charge is 0.0189 e. The van der Waals surface area contributed by atoms with Crippen molar-refractivity contribution in [1.29, 1.82) is 0 Å². The summed E-state index contributed by atoms with van der Waals surface area (Å²) < 4.78 is 0.